The van der Waals surface area contributed by atoms with Crippen molar-refractivity contribution in [1.82, 2.24) is 10.2 Å². The molecule has 1 spiro atoms. The molecule has 1 unspecified atom stereocenters. The van der Waals surface area contributed by atoms with Crippen LogP contribution in [-0.4, -0.2) is 49.4 Å². The van der Waals surface area contributed by atoms with Crippen LogP contribution < -0.4 is 5.32 Å². The van der Waals surface area contributed by atoms with Gasteiger partial charge in [0.1, 0.15) is 0 Å². The van der Waals surface area contributed by atoms with Gasteiger partial charge < -0.3 is 19.7 Å². The zero-order chi connectivity index (χ0) is 17.3. The molecule has 136 valence electrons. The largest absolute Gasteiger partial charge is 0.352 e. The lowest BCUT2D eigenvalue weighted by Crippen LogP contribution is -2.55. The highest BCUT2D eigenvalue weighted by molar-refractivity contribution is 5.79. The van der Waals surface area contributed by atoms with E-state index in [0.717, 1.165) is 37.8 Å². The summed E-state index contributed by atoms with van der Waals surface area (Å²) in [6.45, 7) is 2.85. The van der Waals surface area contributed by atoms with E-state index in [1.807, 2.05) is 30.3 Å². The van der Waals surface area contributed by atoms with Crippen molar-refractivity contribution in [3.05, 3.63) is 35.9 Å². The molecule has 2 saturated heterocycles. The zero-order valence-corrected chi connectivity index (χ0v) is 14.9. The first-order valence-electron chi connectivity index (χ1n) is 9.45. The van der Waals surface area contributed by atoms with Crippen molar-refractivity contribution < 1.29 is 14.3 Å². The van der Waals surface area contributed by atoms with E-state index in [0.29, 0.717) is 31.7 Å². The third-order valence-electron chi connectivity index (χ3n) is 6.09. The summed E-state index contributed by atoms with van der Waals surface area (Å²) in [6.07, 6.45) is 3.93. The summed E-state index contributed by atoms with van der Waals surface area (Å²) in [5, 5.41) is 3.12. The van der Waals surface area contributed by atoms with Crippen LogP contribution in [0.15, 0.2) is 30.3 Å². The molecule has 0 radical (unpaired) electrons. The Kier molecular flexibility index (Phi) is 4.80. The van der Waals surface area contributed by atoms with Gasteiger partial charge in [-0.1, -0.05) is 30.3 Å². The summed E-state index contributed by atoms with van der Waals surface area (Å²) in [5.41, 5.74) is 1.14. The predicted octanol–water partition coefficient (Wildman–Crippen LogP) is 2.17. The van der Waals surface area contributed by atoms with Crippen molar-refractivity contribution in [2.75, 3.05) is 26.8 Å². The van der Waals surface area contributed by atoms with Gasteiger partial charge in [-0.25, -0.2) is 0 Å². The second-order valence-corrected chi connectivity index (χ2v) is 7.75. The highest BCUT2D eigenvalue weighted by Crippen LogP contribution is 2.44. The molecule has 5 nitrogen and oxygen atoms in total. The van der Waals surface area contributed by atoms with Gasteiger partial charge >= 0.3 is 0 Å². The summed E-state index contributed by atoms with van der Waals surface area (Å²) < 4.78 is 11.9. The Morgan fingerprint density at radius 1 is 1.28 bits per heavy atom. The van der Waals surface area contributed by atoms with Crippen LogP contribution in [-0.2, 0) is 20.8 Å². The second kappa shape index (κ2) is 7.06. The molecule has 2 heterocycles. The fraction of sp³-hybridized carbons (Fsp3) is 0.650. The van der Waals surface area contributed by atoms with Gasteiger partial charge in [0.2, 0.25) is 5.91 Å². The maximum absolute atomic E-state index is 12.7. The number of carbonyl (C=O) groups is 1. The summed E-state index contributed by atoms with van der Waals surface area (Å²) in [7, 11) is 2.16. The summed E-state index contributed by atoms with van der Waals surface area (Å²) in [4.78, 5) is 15.1. The van der Waals surface area contributed by atoms with Gasteiger partial charge in [-0.3, -0.25) is 4.79 Å². The number of nitrogens with zero attached hydrogens (tertiary/aromatic N) is 1. The van der Waals surface area contributed by atoms with Crippen molar-refractivity contribution in [3.63, 3.8) is 0 Å². The highest BCUT2D eigenvalue weighted by Gasteiger charge is 2.49. The van der Waals surface area contributed by atoms with E-state index in [2.05, 4.69) is 17.3 Å². The Morgan fingerprint density at radius 2 is 2.04 bits per heavy atom. The van der Waals surface area contributed by atoms with Crippen LogP contribution in [0.1, 0.15) is 31.2 Å². The first-order valence-corrected chi connectivity index (χ1v) is 9.45. The number of piperidine rings is 1. The minimum Gasteiger partial charge on any atom is -0.352 e. The Bertz CT molecular complexity index is 600. The van der Waals surface area contributed by atoms with Crippen molar-refractivity contribution in [2.24, 2.45) is 11.8 Å². The molecule has 4 rings (SSSR count). The van der Waals surface area contributed by atoms with E-state index in [1.165, 1.54) is 0 Å². The first-order chi connectivity index (χ1) is 12.2. The molecule has 1 amide bonds. The van der Waals surface area contributed by atoms with Crippen LogP contribution in [0.5, 0.6) is 0 Å². The molecule has 3 atom stereocenters. The average molecular weight is 344 g/mol. The zero-order valence-electron chi connectivity index (χ0n) is 14.9. The Morgan fingerprint density at radius 3 is 2.80 bits per heavy atom. The van der Waals surface area contributed by atoms with E-state index in [4.69, 9.17) is 9.47 Å². The molecule has 1 aromatic rings. The van der Waals surface area contributed by atoms with Gasteiger partial charge in [-0.05, 0) is 31.4 Å². The number of hydrogen-bond donors (Lipinski definition) is 1. The smallest absolute Gasteiger partial charge is 0.224 e. The van der Waals surface area contributed by atoms with Crippen LogP contribution in [0.3, 0.4) is 0 Å². The molecule has 5 heteroatoms. The van der Waals surface area contributed by atoms with Crippen LogP contribution in [0.25, 0.3) is 0 Å². The number of hydrogen-bond acceptors (Lipinski definition) is 4. The quantitative estimate of drug-likeness (QED) is 0.913. The molecule has 3 aliphatic rings. The summed E-state index contributed by atoms with van der Waals surface area (Å²) >= 11 is 0. The molecule has 0 bridgehead atoms. The van der Waals surface area contributed by atoms with Gasteiger partial charge in [0.15, 0.2) is 5.79 Å². The van der Waals surface area contributed by atoms with Crippen LogP contribution >= 0.6 is 0 Å². The third-order valence-corrected chi connectivity index (χ3v) is 6.09. The van der Waals surface area contributed by atoms with Gasteiger partial charge in [-0.2, -0.15) is 0 Å². The normalized spacial score (nSPS) is 31.6. The number of fused-ring (bicyclic) bond motifs is 1. The fourth-order valence-corrected chi connectivity index (χ4v) is 4.86. The lowest BCUT2D eigenvalue weighted by molar-refractivity contribution is -0.202. The third kappa shape index (κ3) is 3.59. The van der Waals surface area contributed by atoms with E-state index in [9.17, 15) is 4.79 Å². The first kappa shape index (κ1) is 17.0. The van der Waals surface area contributed by atoms with Crippen molar-refractivity contribution in [2.45, 2.75) is 44.1 Å². The predicted molar refractivity (Wildman–Crippen MR) is 94.8 cm³/mol. The summed E-state index contributed by atoms with van der Waals surface area (Å²) in [6, 6.07) is 10.6. The Hall–Kier alpha value is -1.43. The van der Waals surface area contributed by atoms with E-state index in [-0.39, 0.29) is 17.6 Å². The molecular weight excluding hydrogens is 316 g/mol. The number of ether oxygens (including phenoxy) is 2. The van der Waals surface area contributed by atoms with Crippen LogP contribution in [0, 0.1) is 11.8 Å². The van der Waals surface area contributed by atoms with E-state index < -0.39 is 0 Å². The van der Waals surface area contributed by atoms with Gasteiger partial charge in [0, 0.05) is 32.0 Å². The SMILES string of the molecule is CN1C[C@H](C(=O)NCc2ccccc2)CC2CC3(CC[C@H]21)OCCO3. The molecule has 3 fully saturated rings. The molecule has 0 aromatic heterocycles. The minimum atomic E-state index is -0.371. The highest BCUT2D eigenvalue weighted by atomic mass is 16.7. The van der Waals surface area contributed by atoms with E-state index >= 15 is 0 Å². The number of carbonyl (C=O) groups excluding carboxylic acids is 1. The van der Waals surface area contributed by atoms with Gasteiger partial charge in [-0.15, -0.1) is 0 Å². The number of benzene rings is 1. The second-order valence-electron chi connectivity index (χ2n) is 7.75. The summed E-state index contributed by atoms with van der Waals surface area (Å²) in [5.74, 6) is 0.316. The Balaban J connectivity index is 1.37. The molecule has 1 aromatic carbocycles. The van der Waals surface area contributed by atoms with Crippen LogP contribution in [0.2, 0.25) is 0 Å². The van der Waals surface area contributed by atoms with Crippen LogP contribution in [0.4, 0.5) is 0 Å². The molecule has 25 heavy (non-hydrogen) atoms. The monoisotopic (exact) mass is 344 g/mol. The maximum atomic E-state index is 12.7. The van der Waals surface area contributed by atoms with Gasteiger partial charge in [0.05, 0.1) is 19.1 Å². The topological polar surface area (TPSA) is 50.8 Å². The van der Waals surface area contributed by atoms with Crippen molar-refractivity contribution in [1.29, 1.82) is 0 Å². The molecule has 1 N–H and O–H groups in total. The molecule has 1 aliphatic carbocycles. The molecule has 1 saturated carbocycles. The minimum absolute atomic E-state index is 0.0477. The number of nitrogens with one attached hydrogen (secondary N) is 1. The number of rotatable bonds is 3. The molecular formula is C20H28N2O3. The van der Waals surface area contributed by atoms with Crippen molar-refractivity contribution in [3.8, 4) is 0 Å². The number of amides is 1. The fourth-order valence-electron chi connectivity index (χ4n) is 4.86. The van der Waals surface area contributed by atoms with Crippen molar-refractivity contribution >= 4 is 5.91 Å². The molecule has 2 aliphatic heterocycles. The Labute approximate surface area is 149 Å². The lowest BCUT2D eigenvalue weighted by atomic mass is 9.72. The average Bonchev–Trinajstić information content (AvgIpc) is 3.07. The maximum Gasteiger partial charge on any atom is 0.224 e. The van der Waals surface area contributed by atoms with Gasteiger partial charge in [0.25, 0.3) is 0 Å². The standard InChI is InChI=1S/C20H28N2O3/c1-22-14-17(19(23)21-13-15-5-3-2-4-6-15)11-16-12-20(8-7-18(16)22)24-9-10-25-20/h2-6,16-18H,7-14H2,1H3,(H,21,23)/t16?,17-,18-/m1/s1. The lowest BCUT2D eigenvalue weighted by Gasteiger charge is -2.49. The number of likely N-dealkylation sites (tertiary alicyclic amines) is 1. The van der Waals surface area contributed by atoms with E-state index in [1.54, 1.807) is 0 Å².